The summed E-state index contributed by atoms with van der Waals surface area (Å²) in [6.07, 6.45) is 1.05. The second-order valence-electron chi connectivity index (χ2n) is 5.07. The minimum absolute atomic E-state index is 0.481. The largest absolute Gasteiger partial charge is 0.493 e. The molecule has 1 aliphatic heterocycles. The Morgan fingerprint density at radius 2 is 1.80 bits per heavy atom. The van der Waals surface area contributed by atoms with Gasteiger partial charge in [-0.3, -0.25) is 0 Å². The molecule has 3 rings (SSSR count). The summed E-state index contributed by atoms with van der Waals surface area (Å²) >= 11 is 0. The zero-order valence-corrected chi connectivity index (χ0v) is 11.6. The Kier molecular flexibility index (Phi) is 3.77. The molecule has 104 valence electrons. The van der Waals surface area contributed by atoms with Gasteiger partial charge >= 0.3 is 0 Å². The Bertz CT molecular complexity index is 583. The van der Waals surface area contributed by atoms with Crippen LogP contribution in [0, 0.1) is 5.92 Å². The quantitative estimate of drug-likeness (QED) is 0.923. The van der Waals surface area contributed by atoms with Crippen molar-refractivity contribution in [1.82, 2.24) is 0 Å². The molecule has 0 fully saturated rings. The molecule has 0 saturated carbocycles. The second kappa shape index (κ2) is 5.87. The van der Waals surface area contributed by atoms with E-state index in [-0.39, 0.29) is 0 Å². The van der Waals surface area contributed by atoms with Gasteiger partial charge in [-0.15, -0.1) is 0 Å². The number of hydrogen-bond acceptors (Lipinski definition) is 3. The molecule has 0 bridgehead atoms. The molecule has 0 amide bonds. The van der Waals surface area contributed by atoms with E-state index in [1.54, 1.807) is 7.11 Å². The summed E-state index contributed by atoms with van der Waals surface area (Å²) in [5.74, 6) is 2.08. The summed E-state index contributed by atoms with van der Waals surface area (Å²) in [5, 5.41) is 3.47. The fourth-order valence-electron chi connectivity index (χ4n) is 2.57. The van der Waals surface area contributed by atoms with Crippen molar-refractivity contribution in [2.75, 3.05) is 25.6 Å². The Morgan fingerprint density at radius 1 is 1.05 bits per heavy atom. The van der Waals surface area contributed by atoms with E-state index in [4.69, 9.17) is 9.47 Å². The van der Waals surface area contributed by atoms with Crippen LogP contribution in [0.15, 0.2) is 48.5 Å². The molecule has 1 N–H and O–H groups in total. The number of anilines is 1. The molecule has 3 heteroatoms. The van der Waals surface area contributed by atoms with Crippen LogP contribution in [0.25, 0.3) is 0 Å². The van der Waals surface area contributed by atoms with Crippen molar-refractivity contribution in [2.24, 2.45) is 5.92 Å². The number of methoxy groups -OCH3 is 1. The molecule has 1 aliphatic rings. The van der Waals surface area contributed by atoms with Crippen LogP contribution in [0.4, 0.5) is 5.69 Å². The molecule has 2 aromatic rings. The highest BCUT2D eigenvalue weighted by molar-refractivity contribution is 5.53. The van der Waals surface area contributed by atoms with Gasteiger partial charge in [0.2, 0.25) is 0 Å². The molecule has 0 aromatic heterocycles. The summed E-state index contributed by atoms with van der Waals surface area (Å²) in [6, 6.07) is 16.2. The van der Waals surface area contributed by atoms with Gasteiger partial charge in [0.15, 0.2) is 11.5 Å². The molecule has 0 radical (unpaired) electrons. The molecule has 20 heavy (non-hydrogen) atoms. The van der Waals surface area contributed by atoms with Crippen LogP contribution in [0.3, 0.4) is 0 Å². The van der Waals surface area contributed by atoms with Gasteiger partial charge in [-0.25, -0.2) is 0 Å². The summed E-state index contributed by atoms with van der Waals surface area (Å²) in [4.78, 5) is 0. The Labute approximate surface area is 119 Å². The number of ether oxygens (including phenoxy) is 2. The van der Waals surface area contributed by atoms with Gasteiger partial charge in [0.05, 0.1) is 13.7 Å². The first kappa shape index (κ1) is 12.9. The lowest BCUT2D eigenvalue weighted by Crippen LogP contribution is -2.28. The van der Waals surface area contributed by atoms with E-state index in [9.17, 15) is 0 Å². The number of para-hydroxylation sites is 3. The van der Waals surface area contributed by atoms with E-state index in [0.29, 0.717) is 12.5 Å². The highest BCUT2D eigenvalue weighted by Crippen LogP contribution is 2.28. The summed E-state index contributed by atoms with van der Waals surface area (Å²) in [7, 11) is 1.67. The van der Waals surface area contributed by atoms with Crippen molar-refractivity contribution in [3.05, 3.63) is 54.1 Å². The minimum atomic E-state index is 0.481. The van der Waals surface area contributed by atoms with Crippen LogP contribution >= 0.6 is 0 Å². The van der Waals surface area contributed by atoms with Crippen LogP contribution in [-0.2, 0) is 6.42 Å². The fourth-order valence-corrected chi connectivity index (χ4v) is 2.57. The van der Waals surface area contributed by atoms with E-state index in [0.717, 1.165) is 24.5 Å². The van der Waals surface area contributed by atoms with Gasteiger partial charge in [-0.1, -0.05) is 30.3 Å². The summed E-state index contributed by atoms with van der Waals surface area (Å²) < 4.78 is 11.2. The number of rotatable bonds is 4. The van der Waals surface area contributed by atoms with Crippen molar-refractivity contribution >= 4 is 5.69 Å². The summed E-state index contributed by atoms with van der Waals surface area (Å²) in [5.41, 5.74) is 2.62. The molecule has 1 unspecified atom stereocenters. The van der Waals surface area contributed by atoms with Gasteiger partial charge in [0, 0.05) is 18.2 Å². The molecule has 0 saturated heterocycles. The molecule has 0 aliphatic carbocycles. The molecule has 2 aromatic carbocycles. The van der Waals surface area contributed by atoms with Crippen molar-refractivity contribution in [1.29, 1.82) is 0 Å². The molecular formula is C17H19NO2. The topological polar surface area (TPSA) is 30.5 Å². The highest BCUT2D eigenvalue weighted by Gasteiger charge is 2.18. The van der Waals surface area contributed by atoms with Crippen molar-refractivity contribution < 1.29 is 9.47 Å². The van der Waals surface area contributed by atoms with E-state index in [2.05, 4.69) is 29.6 Å². The van der Waals surface area contributed by atoms with Crippen molar-refractivity contribution in [3.8, 4) is 11.5 Å². The van der Waals surface area contributed by atoms with Crippen LogP contribution in [-0.4, -0.2) is 20.3 Å². The average Bonchev–Trinajstić information content (AvgIpc) is 2.53. The Morgan fingerprint density at radius 3 is 2.65 bits per heavy atom. The normalized spacial score (nSPS) is 16.9. The second-order valence-corrected chi connectivity index (χ2v) is 5.07. The third kappa shape index (κ3) is 2.72. The average molecular weight is 269 g/mol. The first-order valence-corrected chi connectivity index (χ1v) is 6.94. The van der Waals surface area contributed by atoms with Gasteiger partial charge in [-0.05, 0) is 30.2 Å². The first-order chi connectivity index (χ1) is 9.86. The minimum Gasteiger partial charge on any atom is -0.493 e. The number of fused-ring (bicyclic) bond motifs is 1. The van der Waals surface area contributed by atoms with Gasteiger partial charge in [-0.2, -0.15) is 0 Å². The standard InChI is InChI=1S/C17H19NO2/c1-19-16-8-4-5-9-17(16)20-12-13-10-14-6-2-3-7-15(14)18-11-13/h2-9,13,18H,10-12H2,1H3. The van der Waals surface area contributed by atoms with Gasteiger partial charge in [0.1, 0.15) is 0 Å². The monoisotopic (exact) mass is 269 g/mol. The van der Waals surface area contributed by atoms with Crippen molar-refractivity contribution in [3.63, 3.8) is 0 Å². The Hall–Kier alpha value is -2.16. The van der Waals surface area contributed by atoms with Crippen LogP contribution < -0.4 is 14.8 Å². The maximum absolute atomic E-state index is 5.92. The van der Waals surface area contributed by atoms with E-state index < -0.39 is 0 Å². The molecule has 1 heterocycles. The molecule has 3 nitrogen and oxygen atoms in total. The van der Waals surface area contributed by atoms with E-state index in [1.807, 2.05) is 24.3 Å². The first-order valence-electron chi connectivity index (χ1n) is 6.94. The van der Waals surface area contributed by atoms with Gasteiger partial charge < -0.3 is 14.8 Å². The SMILES string of the molecule is COc1ccccc1OCC1CNc2ccccc2C1. The van der Waals surface area contributed by atoms with Crippen molar-refractivity contribution in [2.45, 2.75) is 6.42 Å². The fraction of sp³-hybridized carbons (Fsp3) is 0.294. The predicted octanol–water partition coefficient (Wildman–Crippen LogP) is 3.36. The molecular weight excluding hydrogens is 250 g/mol. The lowest BCUT2D eigenvalue weighted by Gasteiger charge is -2.26. The highest BCUT2D eigenvalue weighted by atomic mass is 16.5. The molecule has 0 spiro atoms. The van der Waals surface area contributed by atoms with Crippen LogP contribution in [0.2, 0.25) is 0 Å². The summed E-state index contributed by atoms with van der Waals surface area (Å²) in [6.45, 7) is 1.65. The lowest BCUT2D eigenvalue weighted by atomic mass is 9.95. The van der Waals surface area contributed by atoms with Gasteiger partial charge in [0.25, 0.3) is 0 Å². The lowest BCUT2D eigenvalue weighted by molar-refractivity contribution is 0.241. The number of hydrogen-bond donors (Lipinski definition) is 1. The number of nitrogens with one attached hydrogen (secondary N) is 1. The third-order valence-electron chi connectivity index (χ3n) is 3.65. The van der Waals surface area contributed by atoms with E-state index in [1.165, 1.54) is 11.3 Å². The maximum Gasteiger partial charge on any atom is 0.161 e. The predicted molar refractivity (Wildman–Crippen MR) is 80.6 cm³/mol. The zero-order chi connectivity index (χ0) is 13.8. The smallest absolute Gasteiger partial charge is 0.161 e. The Balaban J connectivity index is 1.63. The maximum atomic E-state index is 5.92. The molecule has 1 atom stereocenters. The van der Waals surface area contributed by atoms with Crippen LogP contribution in [0.5, 0.6) is 11.5 Å². The van der Waals surface area contributed by atoms with Crippen LogP contribution in [0.1, 0.15) is 5.56 Å². The van der Waals surface area contributed by atoms with E-state index >= 15 is 0 Å². The zero-order valence-electron chi connectivity index (χ0n) is 11.6. The third-order valence-corrected chi connectivity index (χ3v) is 3.65. The number of benzene rings is 2.